The number of aromatic hydroxyl groups is 1. The van der Waals surface area contributed by atoms with Crippen molar-refractivity contribution >= 4 is 5.69 Å². The van der Waals surface area contributed by atoms with Gasteiger partial charge in [-0.1, -0.05) is 6.07 Å². The number of ether oxygens (including phenoxy) is 2. The third-order valence-electron chi connectivity index (χ3n) is 2.54. The number of hydrogen-bond donors (Lipinski definition) is 2. The molecule has 0 amide bonds. The summed E-state index contributed by atoms with van der Waals surface area (Å²) in [5.74, 6) is 1.56. The number of benzene rings is 2. The van der Waals surface area contributed by atoms with Crippen LogP contribution in [0.15, 0.2) is 42.5 Å². The predicted molar refractivity (Wildman–Crippen MR) is 69.8 cm³/mol. The van der Waals surface area contributed by atoms with E-state index in [0.29, 0.717) is 23.8 Å². The van der Waals surface area contributed by atoms with Gasteiger partial charge in [-0.2, -0.15) is 0 Å². The van der Waals surface area contributed by atoms with Gasteiger partial charge in [0.15, 0.2) is 0 Å². The summed E-state index contributed by atoms with van der Waals surface area (Å²) in [6.07, 6.45) is 0. The SMILES string of the molecule is COc1cc(COc2ccc(O)cc2)ccc1N. The maximum Gasteiger partial charge on any atom is 0.142 e. The molecule has 2 rings (SSSR count). The summed E-state index contributed by atoms with van der Waals surface area (Å²) in [5, 5.41) is 9.15. The first-order valence-corrected chi connectivity index (χ1v) is 5.53. The molecule has 0 heterocycles. The molecule has 0 aliphatic rings. The number of methoxy groups -OCH3 is 1. The Bertz CT molecular complexity index is 523. The summed E-state index contributed by atoms with van der Waals surface area (Å²) in [6, 6.07) is 12.1. The standard InChI is InChI=1S/C14H15NO3/c1-17-14-8-10(2-7-13(14)15)9-18-12-5-3-11(16)4-6-12/h2-8,16H,9,15H2,1H3. The normalized spacial score (nSPS) is 10.1. The molecular formula is C14H15NO3. The van der Waals surface area contributed by atoms with E-state index < -0.39 is 0 Å². The van der Waals surface area contributed by atoms with Crippen LogP contribution in [0.1, 0.15) is 5.56 Å². The molecule has 94 valence electrons. The zero-order chi connectivity index (χ0) is 13.0. The van der Waals surface area contributed by atoms with E-state index in [4.69, 9.17) is 20.3 Å². The van der Waals surface area contributed by atoms with E-state index in [2.05, 4.69) is 0 Å². The highest BCUT2D eigenvalue weighted by atomic mass is 16.5. The van der Waals surface area contributed by atoms with Crippen LogP contribution in [0, 0.1) is 0 Å². The second-order valence-electron chi connectivity index (χ2n) is 3.86. The summed E-state index contributed by atoms with van der Waals surface area (Å²) < 4.78 is 10.7. The van der Waals surface area contributed by atoms with Gasteiger partial charge in [0.1, 0.15) is 23.9 Å². The Hall–Kier alpha value is -2.36. The predicted octanol–water partition coefficient (Wildman–Crippen LogP) is 2.56. The summed E-state index contributed by atoms with van der Waals surface area (Å²) in [4.78, 5) is 0. The molecule has 0 bridgehead atoms. The van der Waals surface area contributed by atoms with E-state index in [0.717, 1.165) is 5.56 Å². The van der Waals surface area contributed by atoms with Crippen LogP contribution in [0.25, 0.3) is 0 Å². The number of hydrogen-bond acceptors (Lipinski definition) is 4. The molecule has 0 radical (unpaired) electrons. The van der Waals surface area contributed by atoms with Crippen molar-refractivity contribution in [3.8, 4) is 17.2 Å². The molecule has 0 aromatic heterocycles. The first-order valence-electron chi connectivity index (χ1n) is 5.53. The lowest BCUT2D eigenvalue weighted by Crippen LogP contribution is -1.98. The van der Waals surface area contributed by atoms with Crippen LogP contribution in [-0.4, -0.2) is 12.2 Å². The highest BCUT2D eigenvalue weighted by Crippen LogP contribution is 2.23. The molecule has 0 aliphatic heterocycles. The van der Waals surface area contributed by atoms with E-state index in [1.165, 1.54) is 0 Å². The molecule has 0 saturated carbocycles. The Balaban J connectivity index is 2.04. The van der Waals surface area contributed by atoms with Gasteiger partial charge >= 0.3 is 0 Å². The lowest BCUT2D eigenvalue weighted by atomic mass is 10.2. The first-order chi connectivity index (χ1) is 8.69. The number of nitrogen functional groups attached to an aromatic ring is 1. The lowest BCUT2D eigenvalue weighted by molar-refractivity contribution is 0.304. The Labute approximate surface area is 106 Å². The monoisotopic (exact) mass is 245 g/mol. The van der Waals surface area contributed by atoms with Gasteiger partial charge in [0.05, 0.1) is 12.8 Å². The molecule has 0 spiro atoms. The van der Waals surface area contributed by atoms with Gasteiger partial charge in [0.2, 0.25) is 0 Å². The highest BCUT2D eigenvalue weighted by molar-refractivity contribution is 5.53. The summed E-state index contributed by atoms with van der Waals surface area (Å²) in [5.41, 5.74) is 7.30. The van der Waals surface area contributed by atoms with Crippen LogP contribution in [0.2, 0.25) is 0 Å². The second kappa shape index (κ2) is 5.31. The minimum Gasteiger partial charge on any atom is -0.508 e. The number of phenolic OH excluding ortho intramolecular Hbond substituents is 1. The Morgan fingerprint density at radius 3 is 2.50 bits per heavy atom. The van der Waals surface area contributed by atoms with E-state index in [9.17, 15) is 0 Å². The lowest BCUT2D eigenvalue weighted by Gasteiger charge is -2.09. The Morgan fingerprint density at radius 2 is 1.83 bits per heavy atom. The molecule has 3 N–H and O–H groups in total. The highest BCUT2D eigenvalue weighted by Gasteiger charge is 2.02. The molecule has 4 nitrogen and oxygen atoms in total. The van der Waals surface area contributed by atoms with Crippen LogP contribution < -0.4 is 15.2 Å². The van der Waals surface area contributed by atoms with Gasteiger partial charge in [-0.3, -0.25) is 0 Å². The van der Waals surface area contributed by atoms with Gasteiger partial charge in [-0.15, -0.1) is 0 Å². The van der Waals surface area contributed by atoms with Crippen LogP contribution in [0.3, 0.4) is 0 Å². The van der Waals surface area contributed by atoms with E-state index >= 15 is 0 Å². The fourth-order valence-corrected chi connectivity index (χ4v) is 1.55. The zero-order valence-electron chi connectivity index (χ0n) is 10.1. The molecule has 0 atom stereocenters. The fourth-order valence-electron chi connectivity index (χ4n) is 1.55. The first kappa shape index (κ1) is 12.1. The van der Waals surface area contributed by atoms with Crippen molar-refractivity contribution in [2.24, 2.45) is 0 Å². The Morgan fingerprint density at radius 1 is 1.11 bits per heavy atom. The summed E-state index contributed by atoms with van der Waals surface area (Å²) >= 11 is 0. The van der Waals surface area contributed by atoms with E-state index in [1.807, 2.05) is 12.1 Å². The molecule has 0 fully saturated rings. The average molecular weight is 245 g/mol. The Kier molecular flexibility index (Phi) is 3.57. The van der Waals surface area contributed by atoms with Crippen molar-refractivity contribution in [2.75, 3.05) is 12.8 Å². The van der Waals surface area contributed by atoms with Gasteiger partial charge in [-0.05, 0) is 42.0 Å². The number of phenols is 1. The van der Waals surface area contributed by atoms with Crippen molar-refractivity contribution in [3.05, 3.63) is 48.0 Å². The van der Waals surface area contributed by atoms with E-state index in [-0.39, 0.29) is 5.75 Å². The molecule has 0 unspecified atom stereocenters. The van der Waals surface area contributed by atoms with Crippen LogP contribution in [-0.2, 0) is 6.61 Å². The maximum atomic E-state index is 9.15. The van der Waals surface area contributed by atoms with Crippen molar-refractivity contribution in [3.63, 3.8) is 0 Å². The molecule has 0 saturated heterocycles. The number of anilines is 1. The summed E-state index contributed by atoms with van der Waals surface area (Å²) in [6.45, 7) is 0.418. The molecule has 0 aliphatic carbocycles. The molecule has 4 heteroatoms. The van der Waals surface area contributed by atoms with E-state index in [1.54, 1.807) is 37.4 Å². The summed E-state index contributed by atoms with van der Waals surface area (Å²) in [7, 11) is 1.58. The van der Waals surface area contributed by atoms with Crippen LogP contribution in [0.5, 0.6) is 17.2 Å². The maximum absolute atomic E-state index is 9.15. The van der Waals surface area contributed by atoms with Gasteiger partial charge in [0.25, 0.3) is 0 Å². The van der Waals surface area contributed by atoms with Crippen LogP contribution >= 0.6 is 0 Å². The quantitative estimate of drug-likeness (QED) is 0.812. The second-order valence-corrected chi connectivity index (χ2v) is 3.86. The fraction of sp³-hybridized carbons (Fsp3) is 0.143. The number of nitrogens with two attached hydrogens (primary N) is 1. The molecule has 2 aromatic rings. The van der Waals surface area contributed by atoms with Gasteiger partial charge in [0, 0.05) is 0 Å². The smallest absolute Gasteiger partial charge is 0.142 e. The minimum absolute atomic E-state index is 0.219. The minimum atomic E-state index is 0.219. The van der Waals surface area contributed by atoms with Crippen LogP contribution in [0.4, 0.5) is 5.69 Å². The van der Waals surface area contributed by atoms with Crippen molar-refractivity contribution in [1.29, 1.82) is 0 Å². The van der Waals surface area contributed by atoms with Crippen molar-refractivity contribution in [1.82, 2.24) is 0 Å². The largest absolute Gasteiger partial charge is 0.508 e. The molecule has 2 aromatic carbocycles. The third kappa shape index (κ3) is 2.85. The van der Waals surface area contributed by atoms with Gasteiger partial charge in [-0.25, -0.2) is 0 Å². The topological polar surface area (TPSA) is 64.7 Å². The molecular weight excluding hydrogens is 230 g/mol. The van der Waals surface area contributed by atoms with Crippen molar-refractivity contribution < 1.29 is 14.6 Å². The third-order valence-corrected chi connectivity index (χ3v) is 2.54. The van der Waals surface area contributed by atoms with Gasteiger partial charge < -0.3 is 20.3 Å². The average Bonchev–Trinajstić information content (AvgIpc) is 2.39. The molecule has 18 heavy (non-hydrogen) atoms. The zero-order valence-corrected chi connectivity index (χ0v) is 10.1. The number of rotatable bonds is 4. The van der Waals surface area contributed by atoms with Crippen molar-refractivity contribution in [2.45, 2.75) is 6.61 Å².